The minimum Gasteiger partial charge on any atom is -0.397 e. The number of carbonyl (C=O) groups excluding carboxylic acids is 2. The molecule has 0 saturated carbocycles. The number of nitrogens with zero attached hydrogens (tertiary/aromatic N) is 2. The zero-order valence-corrected chi connectivity index (χ0v) is 12.2. The number of pyridine rings is 1. The Balaban J connectivity index is 2.43. The summed E-state index contributed by atoms with van der Waals surface area (Å²) in [5.41, 5.74) is 12.4. The van der Waals surface area contributed by atoms with E-state index in [0.29, 0.717) is 17.1 Å². The van der Waals surface area contributed by atoms with Crippen molar-refractivity contribution in [2.75, 3.05) is 18.8 Å². The minimum atomic E-state index is -0.547. The lowest BCUT2D eigenvalue weighted by molar-refractivity contribution is -0.118. The van der Waals surface area contributed by atoms with Gasteiger partial charge in [-0.05, 0) is 26.0 Å². The topological polar surface area (TPSA) is 102 Å². The summed E-state index contributed by atoms with van der Waals surface area (Å²) >= 11 is 1.24. The fourth-order valence-electron chi connectivity index (χ4n) is 1.91. The van der Waals surface area contributed by atoms with Crippen molar-refractivity contribution in [3.8, 4) is 0 Å². The van der Waals surface area contributed by atoms with E-state index >= 15 is 0 Å². The maximum atomic E-state index is 12.4. The van der Waals surface area contributed by atoms with E-state index in [9.17, 15) is 9.59 Å². The quantitative estimate of drug-likeness (QED) is 0.881. The van der Waals surface area contributed by atoms with E-state index in [1.807, 2.05) is 19.1 Å². The number of hydrogen-bond acceptors (Lipinski definition) is 5. The Morgan fingerprint density at radius 2 is 2.10 bits per heavy atom. The lowest BCUT2D eigenvalue weighted by Gasteiger charge is -2.18. The van der Waals surface area contributed by atoms with Crippen LogP contribution in [0.1, 0.15) is 22.3 Å². The number of nitrogens with two attached hydrogens (primary N) is 2. The lowest BCUT2D eigenvalue weighted by atomic mass is 10.2. The number of aromatic nitrogens is 1. The zero-order chi connectivity index (χ0) is 14.9. The second kappa shape index (κ2) is 5.46. The van der Waals surface area contributed by atoms with E-state index in [1.54, 1.807) is 6.92 Å². The molecular formula is C13H16N4O2S. The Bertz CT molecular complexity index is 680. The van der Waals surface area contributed by atoms with Gasteiger partial charge in [-0.2, -0.15) is 0 Å². The van der Waals surface area contributed by atoms with E-state index in [1.165, 1.54) is 16.2 Å². The van der Waals surface area contributed by atoms with Crippen LogP contribution in [0.2, 0.25) is 0 Å². The van der Waals surface area contributed by atoms with Gasteiger partial charge in [0.25, 0.3) is 5.91 Å². The van der Waals surface area contributed by atoms with Crippen LogP contribution in [0, 0.1) is 6.92 Å². The van der Waals surface area contributed by atoms with Crippen molar-refractivity contribution in [1.29, 1.82) is 0 Å². The monoisotopic (exact) mass is 292 g/mol. The average molecular weight is 292 g/mol. The van der Waals surface area contributed by atoms with E-state index in [2.05, 4.69) is 4.98 Å². The molecule has 7 heteroatoms. The first-order valence-corrected chi connectivity index (χ1v) is 6.98. The third kappa shape index (κ3) is 2.57. The predicted molar refractivity (Wildman–Crippen MR) is 79.5 cm³/mol. The van der Waals surface area contributed by atoms with Crippen molar-refractivity contribution >= 4 is 39.1 Å². The molecule has 2 heterocycles. The Hall–Kier alpha value is -2.15. The van der Waals surface area contributed by atoms with Crippen molar-refractivity contribution in [2.45, 2.75) is 13.8 Å². The number of carbonyl (C=O) groups is 2. The highest BCUT2D eigenvalue weighted by molar-refractivity contribution is 7.21. The molecule has 0 fully saturated rings. The van der Waals surface area contributed by atoms with Gasteiger partial charge < -0.3 is 16.4 Å². The Labute approximate surface area is 120 Å². The fraction of sp³-hybridized carbons (Fsp3) is 0.308. The van der Waals surface area contributed by atoms with Crippen molar-refractivity contribution in [3.63, 3.8) is 0 Å². The third-order valence-electron chi connectivity index (χ3n) is 2.94. The number of likely N-dealkylation sites (N-methyl/N-ethyl adjacent to an activating group) is 1. The maximum absolute atomic E-state index is 12.4. The van der Waals surface area contributed by atoms with Gasteiger partial charge in [-0.3, -0.25) is 9.59 Å². The molecule has 2 amide bonds. The van der Waals surface area contributed by atoms with Crippen LogP contribution in [0.15, 0.2) is 12.1 Å². The summed E-state index contributed by atoms with van der Waals surface area (Å²) in [4.78, 5) is 30.3. The van der Waals surface area contributed by atoms with Crippen LogP contribution < -0.4 is 11.5 Å². The standard InChI is InChI=1S/C13H16N4O2S/c1-3-17(6-9(14)18)13(19)11-10(15)8-5-4-7(2)16-12(8)20-11/h4-5H,3,6,15H2,1-2H3,(H2,14,18). The van der Waals surface area contributed by atoms with E-state index < -0.39 is 5.91 Å². The minimum absolute atomic E-state index is 0.116. The number of amides is 2. The highest BCUT2D eigenvalue weighted by Gasteiger charge is 2.22. The molecule has 2 rings (SSSR count). The van der Waals surface area contributed by atoms with Crippen LogP contribution in [0.3, 0.4) is 0 Å². The van der Waals surface area contributed by atoms with E-state index in [0.717, 1.165) is 15.9 Å². The van der Waals surface area contributed by atoms with Gasteiger partial charge in [0.2, 0.25) is 5.91 Å². The summed E-state index contributed by atoms with van der Waals surface area (Å²) < 4.78 is 0. The summed E-state index contributed by atoms with van der Waals surface area (Å²) in [5.74, 6) is -0.835. The normalized spacial score (nSPS) is 10.7. The van der Waals surface area contributed by atoms with Gasteiger partial charge in [0.1, 0.15) is 9.71 Å². The first-order chi connectivity index (χ1) is 9.43. The maximum Gasteiger partial charge on any atom is 0.266 e. The van der Waals surface area contributed by atoms with Crippen molar-refractivity contribution < 1.29 is 9.59 Å². The zero-order valence-electron chi connectivity index (χ0n) is 11.3. The first kappa shape index (κ1) is 14.3. The van der Waals surface area contributed by atoms with Crippen LogP contribution in [0.25, 0.3) is 10.2 Å². The number of hydrogen-bond donors (Lipinski definition) is 2. The van der Waals surface area contributed by atoms with Crippen LogP contribution in [-0.2, 0) is 4.79 Å². The van der Waals surface area contributed by atoms with Gasteiger partial charge in [-0.25, -0.2) is 4.98 Å². The molecule has 0 aliphatic heterocycles. The van der Waals surface area contributed by atoms with Crippen molar-refractivity contribution in [1.82, 2.24) is 9.88 Å². The molecule has 0 aromatic carbocycles. The molecule has 0 spiro atoms. The fourth-order valence-corrected chi connectivity index (χ4v) is 3.01. The van der Waals surface area contributed by atoms with Crippen molar-refractivity contribution in [3.05, 3.63) is 22.7 Å². The molecule has 0 aliphatic carbocycles. The summed E-state index contributed by atoms with van der Waals surface area (Å²) in [6, 6.07) is 3.70. The number of rotatable bonds is 4. The first-order valence-electron chi connectivity index (χ1n) is 6.17. The summed E-state index contributed by atoms with van der Waals surface area (Å²) in [5, 5.41) is 0.763. The Kier molecular flexibility index (Phi) is 3.89. The number of anilines is 1. The van der Waals surface area contributed by atoms with Gasteiger partial charge in [0.05, 0.1) is 12.2 Å². The molecule has 6 nitrogen and oxygen atoms in total. The van der Waals surface area contributed by atoms with E-state index in [-0.39, 0.29) is 12.5 Å². The molecule has 0 atom stereocenters. The molecular weight excluding hydrogens is 276 g/mol. The molecule has 0 unspecified atom stereocenters. The molecule has 20 heavy (non-hydrogen) atoms. The smallest absolute Gasteiger partial charge is 0.266 e. The summed E-state index contributed by atoms with van der Waals surface area (Å²) in [7, 11) is 0. The van der Waals surface area contributed by atoms with Crippen LogP contribution >= 0.6 is 11.3 Å². The largest absolute Gasteiger partial charge is 0.397 e. The highest BCUT2D eigenvalue weighted by atomic mass is 32.1. The molecule has 0 saturated heterocycles. The molecule has 0 bridgehead atoms. The van der Waals surface area contributed by atoms with Gasteiger partial charge in [0, 0.05) is 17.6 Å². The third-order valence-corrected chi connectivity index (χ3v) is 4.05. The number of aryl methyl sites for hydroxylation is 1. The van der Waals surface area contributed by atoms with Crippen molar-refractivity contribution in [2.24, 2.45) is 5.73 Å². The average Bonchev–Trinajstić information content (AvgIpc) is 2.71. The predicted octanol–water partition coefficient (Wildman–Crippen LogP) is 1.13. The number of thiophene rings is 1. The van der Waals surface area contributed by atoms with Crippen LogP contribution in [-0.4, -0.2) is 34.8 Å². The van der Waals surface area contributed by atoms with E-state index in [4.69, 9.17) is 11.5 Å². The molecule has 4 N–H and O–H groups in total. The van der Waals surface area contributed by atoms with Crippen LogP contribution in [0.4, 0.5) is 5.69 Å². The molecule has 0 aliphatic rings. The second-order valence-electron chi connectivity index (χ2n) is 4.44. The lowest BCUT2D eigenvalue weighted by Crippen LogP contribution is -2.38. The molecule has 2 aromatic rings. The molecule has 2 aromatic heterocycles. The summed E-state index contributed by atoms with van der Waals surface area (Å²) in [6.45, 7) is 3.94. The van der Waals surface area contributed by atoms with Gasteiger partial charge in [0.15, 0.2) is 0 Å². The second-order valence-corrected chi connectivity index (χ2v) is 5.43. The van der Waals surface area contributed by atoms with Crippen LogP contribution in [0.5, 0.6) is 0 Å². The Morgan fingerprint density at radius 3 is 2.70 bits per heavy atom. The summed E-state index contributed by atoms with van der Waals surface area (Å²) in [6.07, 6.45) is 0. The van der Waals surface area contributed by atoms with Gasteiger partial charge in [-0.1, -0.05) is 0 Å². The number of primary amides is 1. The SMILES string of the molecule is CCN(CC(N)=O)C(=O)c1sc2nc(C)ccc2c1N. The highest BCUT2D eigenvalue weighted by Crippen LogP contribution is 2.33. The number of nitrogen functional groups attached to an aromatic ring is 1. The molecule has 106 valence electrons. The number of fused-ring (bicyclic) bond motifs is 1. The Morgan fingerprint density at radius 1 is 1.40 bits per heavy atom. The van der Waals surface area contributed by atoms with Gasteiger partial charge in [-0.15, -0.1) is 11.3 Å². The van der Waals surface area contributed by atoms with Gasteiger partial charge >= 0.3 is 0 Å². The molecule has 0 radical (unpaired) electrons.